The molecular weight excluding hydrogens is 452 g/mol. The Morgan fingerprint density at radius 1 is 1.06 bits per heavy atom. The Bertz CT molecular complexity index is 649. The minimum absolute atomic E-state index is 0.0246. The van der Waals surface area contributed by atoms with Crippen molar-refractivity contribution >= 4 is 11.9 Å². The van der Waals surface area contributed by atoms with Gasteiger partial charge >= 0.3 is 11.9 Å². The Hall–Kier alpha value is -1.26. The Morgan fingerprint density at radius 3 is 2.29 bits per heavy atom. The monoisotopic (exact) mass is 500 g/mol. The number of ether oxygens (including phenoxy) is 3. The number of hydrogen-bond donors (Lipinski definition) is 4. The van der Waals surface area contributed by atoms with Crippen LogP contribution in [0.2, 0.25) is 0 Å². The summed E-state index contributed by atoms with van der Waals surface area (Å²) in [5, 5.41) is 23.9. The molecule has 0 amide bonds. The summed E-state index contributed by atoms with van der Waals surface area (Å²) >= 11 is 0. The van der Waals surface area contributed by atoms with Crippen molar-refractivity contribution in [3.8, 4) is 0 Å². The van der Waals surface area contributed by atoms with Gasteiger partial charge in [0.15, 0.2) is 0 Å². The lowest BCUT2D eigenvalue weighted by Crippen LogP contribution is -2.49. The summed E-state index contributed by atoms with van der Waals surface area (Å²) in [7, 11) is 1.64. The number of carbonyl (C=O) groups excluding carboxylic acids is 2. The minimum atomic E-state index is -0.491. The quantitative estimate of drug-likeness (QED) is 0.280. The van der Waals surface area contributed by atoms with Gasteiger partial charge in [0.1, 0.15) is 12.2 Å². The molecule has 35 heavy (non-hydrogen) atoms. The third kappa shape index (κ3) is 10.3. The van der Waals surface area contributed by atoms with Crippen molar-refractivity contribution < 1.29 is 34.0 Å². The third-order valence-corrected chi connectivity index (χ3v) is 7.81. The van der Waals surface area contributed by atoms with Crippen LogP contribution < -0.4 is 11.1 Å². The minimum Gasteiger partial charge on any atom is -0.462 e. The molecule has 1 heterocycles. The Kier molecular flexibility index (Phi) is 12.9. The van der Waals surface area contributed by atoms with Crippen LogP contribution in [0.15, 0.2) is 0 Å². The zero-order valence-electron chi connectivity index (χ0n) is 22.0. The van der Waals surface area contributed by atoms with Gasteiger partial charge in [0, 0.05) is 27.4 Å². The molecule has 0 aromatic carbocycles. The fraction of sp³-hybridized carbons (Fsp3) is 0.923. The number of aliphatic hydroxyl groups is 2. The molecule has 0 spiro atoms. The number of nitrogens with two attached hydrogens (primary N) is 1. The van der Waals surface area contributed by atoms with E-state index in [0.717, 1.165) is 32.2 Å². The predicted molar refractivity (Wildman–Crippen MR) is 132 cm³/mol. The zero-order valence-corrected chi connectivity index (χ0v) is 22.0. The number of piperidine rings is 1. The van der Waals surface area contributed by atoms with Gasteiger partial charge in [0.05, 0.1) is 24.5 Å². The first-order valence-electron chi connectivity index (χ1n) is 13.3. The highest BCUT2D eigenvalue weighted by molar-refractivity contribution is 5.66. The molecule has 6 unspecified atom stereocenters. The molecule has 1 aliphatic heterocycles. The number of nitrogens with one attached hydrogen (secondary N) is 1. The largest absolute Gasteiger partial charge is 0.462 e. The molecule has 2 aliphatic rings. The average Bonchev–Trinajstić information content (AvgIpc) is 2.80. The van der Waals surface area contributed by atoms with Crippen molar-refractivity contribution in [1.82, 2.24) is 5.32 Å². The van der Waals surface area contributed by atoms with Crippen LogP contribution in [0.25, 0.3) is 0 Å². The van der Waals surface area contributed by atoms with Crippen molar-refractivity contribution in [2.75, 3.05) is 13.7 Å². The van der Waals surface area contributed by atoms with Crippen LogP contribution in [0, 0.1) is 17.8 Å². The smallest absolute Gasteiger partial charge is 0.302 e. The Labute approximate surface area is 210 Å². The van der Waals surface area contributed by atoms with Crippen LogP contribution in [0.3, 0.4) is 0 Å². The normalized spacial score (nSPS) is 31.9. The number of hydrogen-bond acceptors (Lipinski definition) is 9. The van der Waals surface area contributed by atoms with E-state index < -0.39 is 18.3 Å². The van der Waals surface area contributed by atoms with E-state index in [-0.39, 0.29) is 30.3 Å². The first-order valence-corrected chi connectivity index (χ1v) is 13.3. The number of rotatable bonds is 13. The first kappa shape index (κ1) is 30.0. The van der Waals surface area contributed by atoms with Gasteiger partial charge in [-0.15, -0.1) is 0 Å². The molecule has 1 saturated carbocycles. The van der Waals surface area contributed by atoms with Crippen LogP contribution in [0.1, 0.15) is 85.0 Å². The van der Waals surface area contributed by atoms with Crippen LogP contribution in [0.5, 0.6) is 0 Å². The molecule has 9 nitrogen and oxygen atoms in total. The summed E-state index contributed by atoms with van der Waals surface area (Å²) in [6, 6.07) is 0. The summed E-state index contributed by atoms with van der Waals surface area (Å²) < 4.78 is 16.7. The van der Waals surface area contributed by atoms with Gasteiger partial charge in [-0.3, -0.25) is 9.59 Å². The number of esters is 2. The molecule has 9 atom stereocenters. The topological polar surface area (TPSA) is 140 Å². The van der Waals surface area contributed by atoms with Crippen molar-refractivity contribution in [3.63, 3.8) is 0 Å². The van der Waals surface area contributed by atoms with E-state index in [0.29, 0.717) is 56.3 Å². The van der Waals surface area contributed by atoms with E-state index in [4.69, 9.17) is 19.9 Å². The molecule has 5 N–H and O–H groups in total. The second-order valence-corrected chi connectivity index (χ2v) is 10.5. The second-order valence-electron chi connectivity index (χ2n) is 10.5. The maximum Gasteiger partial charge on any atom is 0.302 e. The van der Waals surface area contributed by atoms with Crippen LogP contribution in [-0.2, 0) is 23.8 Å². The summed E-state index contributed by atoms with van der Waals surface area (Å²) in [5.41, 5.74) is 6.18. The van der Waals surface area contributed by atoms with Gasteiger partial charge in [-0.05, 0) is 82.1 Å². The van der Waals surface area contributed by atoms with Gasteiger partial charge in [-0.25, -0.2) is 0 Å². The summed E-state index contributed by atoms with van der Waals surface area (Å²) in [6.07, 6.45) is 4.91. The van der Waals surface area contributed by atoms with Gasteiger partial charge < -0.3 is 35.5 Å². The summed E-state index contributed by atoms with van der Waals surface area (Å²) in [4.78, 5) is 23.5. The van der Waals surface area contributed by atoms with Gasteiger partial charge in [0.25, 0.3) is 0 Å². The molecule has 0 aromatic rings. The number of carbonyl (C=O) groups is 2. The molecule has 1 aliphatic carbocycles. The predicted octanol–water partition coefficient (Wildman–Crippen LogP) is 2.26. The standard InChI is InChI=1S/C26H48N2O7/c1-5-20(31)7-9-22(35-17(3)30)14-21(34-16(2)29)8-6-18-12-25(33-4)24(32)15-23(18)19-10-11-28-26(27)13-19/h18-26,28,31-32H,5-15,27H2,1-4H3/t18?,19?,20-,21+,22-,23?,24?,25?,26?/m0/s1. The third-order valence-electron chi connectivity index (χ3n) is 7.81. The highest BCUT2D eigenvalue weighted by Crippen LogP contribution is 2.42. The molecule has 204 valence electrons. The fourth-order valence-corrected chi connectivity index (χ4v) is 5.98. The van der Waals surface area contributed by atoms with Gasteiger partial charge in [0.2, 0.25) is 0 Å². The molecule has 2 rings (SSSR count). The number of methoxy groups -OCH3 is 1. The molecule has 0 aromatic heterocycles. The van der Waals surface area contributed by atoms with E-state index in [1.54, 1.807) is 7.11 Å². The molecule has 9 heteroatoms. The van der Waals surface area contributed by atoms with Crippen molar-refractivity contribution in [1.29, 1.82) is 0 Å². The van der Waals surface area contributed by atoms with E-state index in [9.17, 15) is 19.8 Å². The highest BCUT2D eigenvalue weighted by atomic mass is 16.6. The van der Waals surface area contributed by atoms with E-state index in [1.807, 2.05) is 6.92 Å². The van der Waals surface area contributed by atoms with Crippen molar-refractivity contribution in [2.45, 2.75) is 122 Å². The Morgan fingerprint density at radius 2 is 1.71 bits per heavy atom. The van der Waals surface area contributed by atoms with Crippen LogP contribution in [0.4, 0.5) is 0 Å². The maximum atomic E-state index is 11.9. The lowest BCUT2D eigenvalue weighted by atomic mass is 9.66. The lowest BCUT2D eigenvalue weighted by molar-refractivity contribution is -0.154. The SMILES string of the molecule is CC[C@H](O)CC[C@@H](C[C@@H](CCC1CC(OC)C(O)CC1C1CCNC(N)C1)OC(C)=O)OC(C)=O. The van der Waals surface area contributed by atoms with Crippen molar-refractivity contribution in [2.24, 2.45) is 23.5 Å². The van der Waals surface area contributed by atoms with Crippen molar-refractivity contribution in [3.05, 3.63) is 0 Å². The van der Waals surface area contributed by atoms with Crippen LogP contribution >= 0.6 is 0 Å². The molecular formula is C26H48N2O7. The van der Waals surface area contributed by atoms with E-state index >= 15 is 0 Å². The van der Waals surface area contributed by atoms with Gasteiger partial charge in [-0.2, -0.15) is 0 Å². The summed E-state index contributed by atoms with van der Waals surface area (Å²) in [6.45, 7) is 5.55. The molecule has 1 saturated heterocycles. The molecule has 0 bridgehead atoms. The second kappa shape index (κ2) is 15.1. The zero-order chi connectivity index (χ0) is 26.0. The molecule has 0 radical (unpaired) electrons. The van der Waals surface area contributed by atoms with E-state index in [2.05, 4.69) is 5.32 Å². The van der Waals surface area contributed by atoms with Crippen LogP contribution in [-0.4, -0.2) is 72.5 Å². The van der Waals surface area contributed by atoms with Gasteiger partial charge in [-0.1, -0.05) is 6.92 Å². The maximum absolute atomic E-state index is 11.9. The summed E-state index contributed by atoms with van der Waals surface area (Å²) in [5.74, 6) is 0.325. The highest BCUT2D eigenvalue weighted by Gasteiger charge is 2.41. The average molecular weight is 501 g/mol. The molecule has 2 fully saturated rings. The number of aliphatic hydroxyl groups excluding tert-OH is 2. The first-order chi connectivity index (χ1) is 16.6. The lowest BCUT2D eigenvalue weighted by Gasteiger charge is -2.45. The Balaban J connectivity index is 2.08. The van der Waals surface area contributed by atoms with E-state index in [1.165, 1.54) is 13.8 Å². The fourth-order valence-electron chi connectivity index (χ4n) is 5.98.